The van der Waals surface area contributed by atoms with E-state index >= 15 is 0 Å². The fraction of sp³-hybridized carbons (Fsp3) is 0.385. The second-order valence-electron chi connectivity index (χ2n) is 3.91. The van der Waals surface area contributed by atoms with Gasteiger partial charge in [0.05, 0.1) is 30.0 Å². The highest BCUT2D eigenvalue weighted by molar-refractivity contribution is 7.99. The van der Waals surface area contributed by atoms with Gasteiger partial charge in [0, 0.05) is 12.1 Å². The van der Waals surface area contributed by atoms with E-state index in [1.54, 1.807) is 6.07 Å². The maximum absolute atomic E-state index is 10.6. The predicted octanol–water partition coefficient (Wildman–Crippen LogP) is 2.54. The van der Waals surface area contributed by atoms with Gasteiger partial charge in [-0.1, -0.05) is 11.8 Å². The SMILES string of the molecule is CCOc1cc2nc(SCC(=O)O)[nH]c2cc1OCC. The molecule has 6 nitrogen and oxygen atoms in total. The first-order valence-corrected chi connectivity index (χ1v) is 7.26. The van der Waals surface area contributed by atoms with Crippen LogP contribution in [0.4, 0.5) is 0 Å². The number of thioether (sulfide) groups is 1. The zero-order valence-electron chi connectivity index (χ0n) is 11.3. The third-order valence-electron chi connectivity index (χ3n) is 2.46. The standard InChI is InChI=1S/C13H16N2O4S/c1-3-18-10-5-8-9(6-11(10)19-4-2)15-13(14-8)20-7-12(16)17/h5-6H,3-4,7H2,1-2H3,(H,14,15)(H,16,17). The number of hydrogen-bond acceptors (Lipinski definition) is 5. The molecule has 0 saturated heterocycles. The lowest BCUT2D eigenvalue weighted by Gasteiger charge is -2.10. The fourth-order valence-electron chi connectivity index (χ4n) is 1.73. The van der Waals surface area contributed by atoms with Crippen LogP contribution >= 0.6 is 11.8 Å². The van der Waals surface area contributed by atoms with Crippen molar-refractivity contribution in [2.24, 2.45) is 0 Å². The molecular weight excluding hydrogens is 280 g/mol. The Hall–Kier alpha value is -1.89. The Balaban J connectivity index is 2.32. The second-order valence-corrected chi connectivity index (χ2v) is 4.87. The van der Waals surface area contributed by atoms with Crippen LogP contribution in [0.1, 0.15) is 13.8 Å². The molecule has 0 aliphatic rings. The number of nitrogens with zero attached hydrogens (tertiary/aromatic N) is 1. The zero-order valence-corrected chi connectivity index (χ0v) is 12.1. The molecule has 0 spiro atoms. The first kappa shape index (κ1) is 14.5. The molecule has 108 valence electrons. The summed E-state index contributed by atoms with van der Waals surface area (Å²) in [6, 6.07) is 3.62. The maximum Gasteiger partial charge on any atom is 0.313 e. The molecule has 0 aliphatic heterocycles. The lowest BCUT2D eigenvalue weighted by Crippen LogP contribution is -1.98. The number of ether oxygens (including phenoxy) is 2. The van der Waals surface area contributed by atoms with Gasteiger partial charge in [0.25, 0.3) is 0 Å². The summed E-state index contributed by atoms with van der Waals surface area (Å²) in [6.07, 6.45) is 0. The van der Waals surface area contributed by atoms with Gasteiger partial charge in [0.2, 0.25) is 0 Å². The van der Waals surface area contributed by atoms with Crippen LogP contribution in [-0.2, 0) is 4.79 Å². The van der Waals surface area contributed by atoms with Crippen molar-refractivity contribution >= 4 is 28.8 Å². The summed E-state index contributed by atoms with van der Waals surface area (Å²) in [5.41, 5.74) is 1.52. The Kier molecular flexibility index (Phi) is 4.73. The Morgan fingerprint density at radius 1 is 1.30 bits per heavy atom. The molecule has 2 rings (SSSR count). The topological polar surface area (TPSA) is 84.4 Å². The predicted molar refractivity (Wildman–Crippen MR) is 76.8 cm³/mol. The quantitative estimate of drug-likeness (QED) is 0.764. The van der Waals surface area contributed by atoms with Crippen molar-refractivity contribution in [3.05, 3.63) is 12.1 Å². The summed E-state index contributed by atoms with van der Waals surface area (Å²) in [5, 5.41) is 9.24. The minimum atomic E-state index is -0.875. The van der Waals surface area contributed by atoms with Crippen LogP contribution in [-0.4, -0.2) is 40.0 Å². The van der Waals surface area contributed by atoms with E-state index in [1.807, 2.05) is 19.9 Å². The van der Waals surface area contributed by atoms with Crippen molar-refractivity contribution in [1.82, 2.24) is 9.97 Å². The van der Waals surface area contributed by atoms with Gasteiger partial charge in [0.15, 0.2) is 16.7 Å². The first-order valence-electron chi connectivity index (χ1n) is 6.28. The molecule has 0 bridgehead atoms. The number of imidazole rings is 1. The first-order chi connectivity index (χ1) is 9.63. The van der Waals surface area contributed by atoms with Crippen LogP contribution in [0.25, 0.3) is 11.0 Å². The number of carboxylic acid groups (broad SMARTS) is 1. The Morgan fingerprint density at radius 3 is 2.55 bits per heavy atom. The van der Waals surface area contributed by atoms with Gasteiger partial charge in [-0.3, -0.25) is 4.79 Å². The average Bonchev–Trinajstić information content (AvgIpc) is 2.79. The number of rotatable bonds is 7. The molecule has 1 heterocycles. The van der Waals surface area contributed by atoms with E-state index in [0.717, 1.165) is 22.8 Å². The van der Waals surface area contributed by atoms with E-state index in [9.17, 15) is 4.79 Å². The van der Waals surface area contributed by atoms with E-state index in [0.29, 0.717) is 29.9 Å². The molecule has 1 aromatic carbocycles. The Morgan fingerprint density at radius 2 is 1.95 bits per heavy atom. The molecule has 0 amide bonds. The number of fused-ring (bicyclic) bond motifs is 1. The molecule has 0 aliphatic carbocycles. The highest BCUT2D eigenvalue weighted by Crippen LogP contribution is 2.32. The van der Waals surface area contributed by atoms with Crippen molar-refractivity contribution in [2.75, 3.05) is 19.0 Å². The lowest BCUT2D eigenvalue weighted by atomic mass is 10.2. The molecule has 0 saturated carbocycles. The van der Waals surface area contributed by atoms with Crippen molar-refractivity contribution in [1.29, 1.82) is 0 Å². The summed E-state index contributed by atoms with van der Waals surface area (Å²) in [6.45, 7) is 4.89. The summed E-state index contributed by atoms with van der Waals surface area (Å²) in [7, 11) is 0. The number of carbonyl (C=O) groups is 1. The largest absolute Gasteiger partial charge is 0.490 e. The highest BCUT2D eigenvalue weighted by Gasteiger charge is 2.12. The molecule has 7 heteroatoms. The van der Waals surface area contributed by atoms with E-state index in [4.69, 9.17) is 14.6 Å². The van der Waals surface area contributed by atoms with Crippen molar-refractivity contribution in [3.8, 4) is 11.5 Å². The minimum Gasteiger partial charge on any atom is -0.490 e. The molecule has 0 atom stereocenters. The summed E-state index contributed by atoms with van der Waals surface area (Å²) in [4.78, 5) is 18.0. The number of carboxylic acids is 1. The van der Waals surface area contributed by atoms with Crippen LogP contribution < -0.4 is 9.47 Å². The van der Waals surface area contributed by atoms with Crippen molar-refractivity contribution in [2.45, 2.75) is 19.0 Å². The summed E-state index contributed by atoms with van der Waals surface area (Å²) in [5.74, 6) is 0.389. The molecule has 2 N–H and O–H groups in total. The smallest absolute Gasteiger partial charge is 0.313 e. The van der Waals surface area contributed by atoms with Gasteiger partial charge < -0.3 is 19.6 Å². The van der Waals surface area contributed by atoms with Gasteiger partial charge in [-0.25, -0.2) is 4.98 Å². The molecule has 0 fully saturated rings. The van der Waals surface area contributed by atoms with Crippen LogP contribution in [0.15, 0.2) is 17.3 Å². The molecule has 20 heavy (non-hydrogen) atoms. The lowest BCUT2D eigenvalue weighted by molar-refractivity contribution is -0.133. The van der Waals surface area contributed by atoms with Crippen LogP contribution in [0.3, 0.4) is 0 Å². The third kappa shape index (κ3) is 3.36. The molecule has 0 unspecified atom stereocenters. The molecular formula is C13H16N2O4S. The van der Waals surface area contributed by atoms with E-state index < -0.39 is 5.97 Å². The van der Waals surface area contributed by atoms with Crippen LogP contribution in [0.2, 0.25) is 0 Å². The van der Waals surface area contributed by atoms with Crippen LogP contribution in [0.5, 0.6) is 11.5 Å². The van der Waals surface area contributed by atoms with Gasteiger partial charge in [-0.05, 0) is 13.8 Å². The number of benzene rings is 1. The average molecular weight is 296 g/mol. The van der Waals surface area contributed by atoms with Gasteiger partial charge in [-0.2, -0.15) is 0 Å². The monoisotopic (exact) mass is 296 g/mol. The number of hydrogen-bond donors (Lipinski definition) is 2. The fourth-order valence-corrected chi connectivity index (χ4v) is 2.33. The van der Waals surface area contributed by atoms with E-state index in [-0.39, 0.29) is 5.75 Å². The highest BCUT2D eigenvalue weighted by atomic mass is 32.2. The number of aromatic nitrogens is 2. The number of aliphatic carboxylic acids is 1. The van der Waals surface area contributed by atoms with Crippen LogP contribution in [0, 0.1) is 0 Å². The number of H-pyrrole nitrogens is 1. The summed E-state index contributed by atoms with van der Waals surface area (Å²) >= 11 is 1.14. The van der Waals surface area contributed by atoms with E-state index in [2.05, 4.69) is 9.97 Å². The van der Waals surface area contributed by atoms with Gasteiger partial charge in [-0.15, -0.1) is 0 Å². The van der Waals surface area contributed by atoms with Crippen molar-refractivity contribution in [3.63, 3.8) is 0 Å². The molecule has 2 aromatic rings. The number of aromatic amines is 1. The third-order valence-corrected chi connectivity index (χ3v) is 3.32. The summed E-state index contributed by atoms with van der Waals surface area (Å²) < 4.78 is 11.1. The number of nitrogens with one attached hydrogen (secondary N) is 1. The molecule has 0 radical (unpaired) electrons. The Bertz CT molecular complexity index is 569. The molecule has 1 aromatic heterocycles. The minimum absolute atomic E-state index is 0.0313. The van der Waals surface area contributed by atoms with Gasteiger partial charge in [0.1, 0.15) is 0 Å². The van der Waals surface area contributed by atoms with E-state index in [1.165, 1.54) is 0 Å². The zero-order chi connectivity index (χ0) is 14.5. The second kappa shape index (κ2) is 6.51. The van der Waals surface area contributed by atoms with Crippen molar-refractivity contribution < 1.29 is 19.4 Å². The van der Waals surface area contributed by atoms with Gasteiger partial charge >= 0.3 is 5.97 Å². The normalized spacial score (nSPS) is 10.7. The Labute approximate surface area is 120 Å². The maximum atomic E-state index is 10.6.